The molecule has 4 N–H and O–H groups in total. The van der Waals surface area contributed by atoms with Crippen molar-refractivity contribution in [3.05, 3.63) is 81.8 Å². The van der Waals surface area contributed by atoms with Crippen LogP contribution in [0, 0.1) is 40.9 Å². The quantitative estimate of drug-likeness (QED) is 0.197. The zero-order valence-electron chi connectivity index (χ0n) is 35.4. The van der Waals surface area contributed by atoms with Crippen LogP contribution in [0.5, 0.6) is 0 Å². The number of aliphatic hydroxyl groups excluding tert-OH is 2. The minimum Gasteiger partial charge on any atom is -0.500 e. The van der Waals surface area contributed by atoms with Gasteiger partial charge in [0.1, 0.15) is 17.9 Å². The molecule has 2 amide bonds. The fourth-order valence-electron chi connectivity index (χ4n) is 10.5. The fraction of sp³-hybridized carbons (Fsp3) is 0.644. The highest BCUT2D eigenvalue weighted by molar-refractivity contribution is 6.32. The normalized spacial score (nSPS) is 32.1. The van der Waals surface area contributed by atoms with Crippen LogP contribution >= 0.6 is 11.6 Å². The number of amides is 2. The number of allylic oxidation sites excluding steroid dienone is 4. The predicted molar refractivity (Wildman–Crippen MR) is 223 cm³/mol. The minimum absolute atomic E-state index is 0.0233. The van der Waals surface area contributed by atoms with Gasteiger partial charge >= 0.3 is 0 Å². The number of likely N-dealkylation sites (N-methyl/N-ethyl adjacent to an activating group) is 1. The average molecular weight is 809 g/mol. The van der Waals surface area contributed by atoms with Gasteiger partial charge in [-0.05, 0) is 93.8 Å². The Balaban J connectivity index is 1.26. The van der Waals surface area contributed by atoms with E-state index in [1.807, 2.05) is 58.5 Å². The number of aliphatic hydroxyl groups is 2. The molecule has 0 spiro atoms. The van der Waals surface area contributed by atoms with E-state index in [1.54, 1.807) is 19.1 Å². The van der Waals surface area contributed by atoms with Crippen LogP contribution in [-0.2, 0) is 25.6 Å². The third-order valence-electron chi connectivity index (χ3n) is 13.8. The van der Waals surface area contributed by atoms with Crippen molar-refractivity contribution in [2.45, 2.75) is 90.1 Å². The van der Waals surface area contributed by atoms with Crippen molar-refractivity contribution in [3.63, 3.8) is 0 Å². The number of carbonyl (C=O) groups is 2. The van der Waals surface area contributed by atoms with Gasteiger partial charge in [0.15, 0.2) is 0 Å². The Morgan fingerprint density at radius 2 is 1.86 bits per heavy atom. The predicted octanol–water partition coefficient (Wildman–Crippen LogP) is 4.87. The van der Waals surface area contributed by atoms with Crippen molar-refractivity contribution in [1.29, 1.82) is 0 Å². The minimum atomic E-state index is -0.918. The second-order valence-electron chi connectivity index (χ2n) is 18.3. The summed E-state index contributed by atoms with van der Waals surface area (Å²) in [5.41, 5.74) is 3.75. The topological polar surface area (TPSA) is 127 Å². The number of carbonyl (C=O) groups excluding carboxylic acids is 2. The molecule has 12 heteroatoms. The Morgan fingerprint density at radius 3 is 2.46 bits per heavy atom. The third-order valence-corrected chi connectivity index (χ3v) is 14.2. The van der Waals surface area contributed by atoms with Crippen molar-refractivity contribution >= 4 is 23.4 Å². The van der Waals surface area contributed by atoms with Gasteiger partial charge in [-0.1, -0.05) is 74.9 Å². The van der Waals surface area contributed by atoms with Gasteiger partial charge in [0.05, 0.1) is 26.4 Å². The van der Waals surface area contributed by atoms with Crippen LogP contribution in [0.15, 0.2) is 76.2 Å². The maximum atomic E-state index is 14.4. The van der Waals surface area contributed by atoms with Crippen LogP contribution < -0.4 is 10.6 Å². The second-order valence-corrected chi connectivity index (χ2v) is 18.7. The van der Waals surface area contributed by atoms with E-state index >= 15 is 0 Å². The van der Waals surface area contributed by atoms with E-state index in [1.165, 1.54) is 6.42 Å². The smallest absolute Gasteiger partial charge is 0.251 e. The first kappa shape index (κ1) is 43.4. The Kier molecular flexibility index (Phi) is 13.7. The summed E-state index contributed by atoms with van der Waals surface area (Å²) in [5, 5.41) is 30.2. The molecule has 1 heterocycles. The maximum Gasteiger partial charge on any atom is 0.251 e. The number of nitrogens with zero attached hydrogens (tertiary/aromatic N) is 3. The number of hydrogen-bond acceptors (Lipinski definition) is 9. The lowest BCUT2D eigenvalue weighted by atomic mass is 9.45. The molecule has 2 bridgehead atoms. The highest BCUT2D eigenvalue weighted by Crippen LogP contribution is 2.61. The third kappa shape index (κ3) is 9.19. The summed E-state index contributed by atoms with van der Waals surface area (Å²) in [7, 11) is 9.65. The highest BCUT2D eigenvalue weighted by Gasteiger charge is 2.57. The number of methoxy groups -OCH3 is 1. The van der Waals surface area contributed by atoms with Gasteiger partial charge in [-0.25, -0.2) is 0 Å². The van der Waals surface area contributed by atoms with Crippen LogP contribution in [0.25, 0.3) is 0 Å². The number of halogens is 1. The molecule has 3 saturated carbocycles. The Hall–Kier alpha value is -3.19. The summed E-state index contributed by atoms with van der Waals surface area (Å²) in [5.74, 6) is 0.839. The van der Waals surface area contributed by atoms with Gasteiger partial charge in [0, 0.05) is 66.4 Å². The van der Waals surface area contributed by atoms with Crippen molar-refractivity contribution < 1.29 is 29.4 Å². The van der Waals surface area contributed by atoms with Crippen LogP contribution in [0.1, 0.15) is 58.9 Å². The lowest BCUT2D eigenvalue weighted by Gasteiger charge is -2.62. The molecule has 1 saturated heterocycles. The van der Waals surface area contributed by atoms with Crippen molar-refractivity contribution in [2.24, 2.45) is 40.9 Å². The highest BCUT2D eigenvalue weighted by atomic mass is 35.5. The molecule has 0 aromatic heterocycles. The molecule has 11 atom stereocenters. The zero-order valence-corrected chi connectivity index (χ0v) is 36.1. The largest absolute Gasteiger partial charge is 0.500 e. The molecule has 11 nitrogen and oxygen atoms in total. The van der Waals surface area contributed by atoms with Crippen molar-refractivity contribution in [3.8, 4) is 0 Å². The average Bonchev–Trinajstić information content (AvgIpc) is 3.54. The Bertz CT molecular complexity index is 1740. The van der Waals surface area contributed by atoms with Gasteiger partial charge in [-0.15, -0.1) is 0 Å². The molecule has 2 unspecified atom stereocenters. The van der Waals surface area contributed by atoms with Crippen LogP contribution in [0.4, 0.5) is 0 Å². The summed E-state index contributed by atoms with van der Waals surface area (Å²) in [6.45, 7) is 9.00. The number of hydroxylamine groups is 2. The molecular formula is C45H66ClN5O6. The Morgan fingerprint density at radius 1 is 1.14 bits per heavy atom. The Labute approximate surface area is 345 Å². The zero-order chi connectivity index (χ0) is 41.3. The van der Waals surface area contributed by atoms with E-state index in [4.69, 9.17) is 21.2 Å². The van der Waals surface area contributed by atoms with E-state index in [0.29, 0.717) is 65.5 Å². The molecule has 5 aliphatic carbocycles. The van der Waals surface area contributed by atoms with Crippen molar-refractivity contribution in [1.82, 2.24) is 25.5 Å². The number of nitrogens with one attached hydrogen (secondary N) is 2. The van der Waals surface area contributed by atoms with Crippen LogP contribution in [0.3, 0.4) is 0 Å². The monoisotopic (exact) mass is 807 g/mol. The van der Waals surface area contributed by atoms with E-state index in [0.717, 1.165) is 17.7 Å². The molecular weight excluding hydrogens is 742 g/mol. The SMILES string of the molecule is COC1=C(CN2O[C@@H](CO)[C@@H]([C@H](C)O)[C@H]2C(=O)N[C@H]2C[C@H]3C[C@@H]([C@@H]2C)C3(C)C)C(Cl)=CCC1C1C=C(C(=O)N[C@@H](Cc2ccccc2)CN(C)C)C=C(N(C)C)C1. The number of ether oxygens (including phenoxy) is 1. The van der Waals surface area contributed by atoms with Gasteiger partial charge in [0.25, 0.3) is 5.91 Å². The van der Waals surface area contributed by atoms with Crippen LogP contribution in [-0.4, -0.2) is 122 Å². The number of benzene rings is 1. The number of rotatable bonds is 15. The van der Waals surface area contributed by atoms with E-state index in [2.05, 4.69) is 59.4 Å². The van der Waals surface area contributed by atoms with Crippen molar-refractivity contribution in [2.75, 3.05) is 55.0 Å². The number of fused-ring (bicyclic) bond motifs is 2. The maximum absolute atomic E-state index is 14.4. The molecule has 1 aromatic carbocycles. The summed E-state index contributed by atoms with van der Waals surface area (Å²) >= 11 is 7.02. The lowest BCUT2D eigenvalue weighted by molar-refractivity contribution is -0.173. The first-order valence-corrected chi connectivity index (χ1v) is 21.2. The van der Waals surface area contributed by atoms with Gasteiger partial charge < -0.3 is 35.4 Å². The molecule has 4 fully saturated rings. The van der Waals surface area contributed by atoms with Gasteiger partial charge in [-0.3, -0.25) is 14.4 Å². The molecule has 57 heavy (non-hydrogen) atoms. The second kappa shape index (κ2) is 18.0. The molecule has 6 aliphatic rings. The van der Waals surface area contributed by atoms with E-state index in [-0.39, 0.29) is 54.3 Å². The molecule has 7 rings (SSSR count). The van der Waals surface area contributed by atoms with Crippen LogP contribution in [0.2, 0.25) is 0 Å². The molecule has 1 aromatic rings. The first-order chi connectivity index (χ1) is 27.0. The fourth-order valence-corrected chi connectivity index (χ4v) is 10.8. The van der Waals surface area contributed by atoms with Gasteiger partial charge in [0.2, 0.25) is 5.91 Å². The van der Waals surface area contributed by atoms with E-state index in [9.17, 15) is 19.8 Å². The summed E-state index contributed by atoms with van der Waals surface area (Å²) in [6.07, 6.45) is 8.44. The van der Waals surface area contributed by atoms with Gasteiger partial charge in [-0.2, -0.15) is 5.06 Å². The number of hydrogen-bond donors (Lipinski definition) is 4. The lowest BCUT2D eigenvalue weighted by Crippen LogP contribution is -2.62. The molecule has 314 valence electrons. The standard InChI is InChI=1S/C45H66ClN5O6/c1-26-36-21-31(45(36,3)4)22-38(26)48-44(55)41-40(27(2)53)39(25-52)57-51(41)24-35-37(46)16-15-34(42(35)56-9)29-18-30(20-33(19-29)50(7)8)43(54)47-32(23-49(5)6)17-28-13-11-10-12-14-28/h10-14,16,18,20,26-27,29,31-32,34,36,38-41,52-53H,15,17,19,21-25H2,1-9H3,(H,47,54)(H,48,55)/t26-,27-,29?,31+,32-,34?,36-,38-,39-,40+,41-/m0/s1. The summed E-state index contributed by atoms with van der Waals surface area (Å²) in [6, 6.07) is 9.27. The van der Waals surface area contributed by atoms with E-state index < -0.39 is 24.2 Å². The first-order valence-electron chi connectivity index (χ1n) is 20.8. The summed E-state index contributed by atoms with van der Waals surface area (Å²) < 4.78 is 6.22. The molecule has 0 radical (unpaired) electrons. The molecule has 1 aliphatic heterocycles. The summed E-state index contributed by atoms with van der Waals surface area (Å²) in [4.78, 5) is 38.9.